The Morgan fingerprint density at radius 1 is 1.62 bits per heavy atom. The molecule has 2 N–H and O–H groups in total. The summed E-state index contributed by atoms with van der Waals surface area (Å²) in [6.07, 6.45) is 0.487. The standard InChI is InChI=1S/C8H12N2O3/c1-8(2,9)5-6-3-4-7(13-6)10(11)12/h3-4H,5,9H2,1-2H3. The normalized spacial score (nSPS) is 11.6. The molecule has 0 atom stereocenters. The lowest BCUT2D eigenvalue weighted by Crippen LogP contribution is -2.34. The van der Waals surface area contributed by atoms with Crippen molar-refractivity contribution in [3.63, 3.8) is 0 Å². The fourth-order valence-electron chi connectivity index (χ4n) is 1.01. The van der Waals surface area contributed by atoms with Gasteiger partial charge in [-0.1, -0.05) is 0 Å². The van der Waals surface area contributed by atoms with Crippen molar-refractivity contribution in [3.05, 3.63) is 28.0 Å². The molecule has 0 aliphatic rings. The van der Waals surface area contributed by atoms with E-state index >= 15 is 0 Å². The molecule has 1 heterocycles. The molecule has 0 aliphatic heterocycles. The first-order valence-corrected chi connectivity index (χ1v) is 3.90. The number of hydrogen-bond donors (Lipinski definition) is 1. The van der Waals surface area contributed by atoms with E-state index in [1.165, 1.54) is 6.07 Å². The van der Waals surface area contributed by atoms with Gasteiger partial charge in [-0.2, -0.15) is 0 Å². The highest BCUT2D eigenvalue weighted by Gasteiger charge is 2.17. The fourth-order valence-corrected chi connectivity index (χ4v) is 1.01. The van der Waals surface area contributed by atoms with Crippen LogP contribution in [0.2, 0.25) is 0 Å². The highest BCUT2D eigenvalue weighted by atomic mass is 16.6. The van der Waals surface area contributed by atoms with E-state index in [1.54, 1.807) is 6.07 Å². The van der Waals surface area contributed by atoms with E-state index in [-0.39, 0.29) is 5.88 Å². The van der Waals surface area contributed by atoms with Crippen molar-refractivity contribution in [3.8, 4) is 0 Å². The minimum atomic E-state index is -0.562. The average molecular weight is 184 g/mol. The Morgan fingerprint density at radius 3 is 2.62 bits per heavy atom. The molecule has 1 rings (SSSR count). The molecule has 0 aromatic carbocycles. The fraction of sp³-hybridized carbons (Fsp3) is 0.500. The van der Waals surface area contributed by atoms with Gasteiger partial charge in [0.1, 0.15) is 10.7 Å². The van der Waals surface area contributed by atoms with Gasteiger partial charge in [-0.3, -0.25) is 10.1 Å². The lowest BCUT2D eigenvalue weighted by atomic mass is 10.0. The summed E-state index contributed by atoms with van der Waals surface area (Å²) >= 11 is 0. The topological polar surface area (TPSA) is 82.3 Å². The van der Waals surface area contributed by atoms with E-state index in [9.17, 15) is 10.1 Å². The maximum atomic E-state index is 10.3. The van der Waals surface area contributed by atoms with Gasteiger partial charge >= 0.3 is 5.88 Å². The molecule has 0 spiro atoms. The van der Waals surface area contributed by atoms with Crippen LogP contribution in [0.5, 0.6) is 0 Å². The summed E-state index contributed by atoms with van der Waals surface area (Å²) in [4.78, 5) is 9.70. The first-order chi connectivity index (χ1) is 5.88. The van der Waals surface area contributed by atoms with Crippen LogP contribution in [0.25, 0.3) is 0 Å². The van der Waals surface area contributed by atoms with Crippen LogP contribution in [0.1, 0.15) is 19.6 Å². The molecule has 72 valence electrons. The number of furan rings is 1. The van der Waals surface area contributed by atoms with Gasteiger partial charge < -0.3 is 10.2 Å². The van der Waals surface area contributed by atoms with Gasteiger partial charge in [0.2, 0.25) is 0 Å². The van der Waals surface area contributed by atoms with Crippen molar-refractivity contribution >= 4 is 5.88 Å². The zero-order valence-corrected chi connectivity index (χ0v) is 7.61. The number of nitrogens with zero attached hydrogens (tertiary/aromatic N) is 1. The van der Waals surface area contributed by atoms with Crippen LogP contribution in [-0.4, -0.2) is 10.5 Å². The molecule has 0 saturated heterocycles. The van der Waals surface area contributed by atoms with Crippen molar-refractivity contribution in [2.45, 2.75) is 25.8 Å². The van der Waals surface area contributed by atoms with Crippen LogP contribution >= 0.6 is 0 Å². The van der Waals surface area contributed by atoms with Crippen molar-refractivity contribution < 1.29 is 9.34 Å². The molecule has 0 saturated carbocycles. The first kappa shape index (κ1) is 9.73. The lowest BCUT2D eigenvalue weighted by molar-refractivity contribution is -0.402. The molecular formula is C8H12N2O3. The maximum Gasteiger partial charge on any atom is 0.433 e. The quantitative estimate of drug-likeness (QED) is 0.569. The molecule has 0 radical (unpaired) electrons. The molecular weight excluding hydrogens is 172 g/mol. The van der Waals surface area contributed by atoms with Gasteiger partial charge in [-0.05, 0) is 19.9 Å². The molecule has 5 heteroatoms. The summed E-state index contributed by atoms with van der Waals surface area (Å²) in [7, 11) is 0. The van der Waals surface area contributed by atoms with E-state index < -0.39 is 10.5 Å². The largest absolute Gasteiger partial charge is 0.433 e. The number of hydrogen-bond acceptors (Lipinski definition) is 4. The Labute approximate surface area is 75.7 Å². The van der Waals surface area contributed by atoms with E-state index in [0.29, 0.717) is 12.2 Å². The van der Waals surface area contributed by atoms with Gasteiger partial charge in [0.05, 0.1) is 6.07 Å². The Hall–Kier alpha value is -1.36. The summed E-state index contributed by atoms with van der Waals surface area (Å²) in [5.41, 5.74) is 5.31. The van der Waals surface area contributed by atoms with Crippen LogP contribution in [0, 0.1) is 10.1 Å². The van der Waals surface area contributed by atoms with Crippen molar-refractivity contribution in [2.75, 3.05) is 0 Å². The summed E-state index contributed by atoms with van der Waals surface area (Å²) < 4.78 is 4.94. The van der Waals surface area contributed by atoms with E-state index in [1.807, 2.05) is 13.8 Å². The third-order valence-corrected chi connectivity index (χ3v) is 1.46. The molecule has 1 aromatic rings. The maximum absolute atomic E-state index is 10.3. The van der Waals surface area contributed by atoms with Crippen molar-refractivity contribution in [1.82, 2.24) is 0 Å². The predicted molar refractivity (Wildman–Crippen MR) is 47.3 cm³/mol. The zero-order chi connectivity index (χ0) is 10.1. The summed E-state index contributed by atoms with van der Waals surface area (Å²) in [5, 5.41) is 10.3. The third-order valence-electron chi connectivity index (χ3n) is 1.46. The number of nitrogens with two attached hydrogens (primary N) is 1. The SMILES string of the molecule is CC(C)(N)Cc1ccc([N+](=O)[O-])o1. The lowest BCUT2D eigenvalue weighted by Gasteiger charge is -2.15. The van der Waals surface area contributed by atoms with Crippen LogP contribution in [0.4, 0.5) is 5.88 Å². The van der Waals surface area contributed by atoms with Gasteiger partial charge in [0.25, 0.3) is 0 Å². The molecule has 13 heavy (non-hydrogen) atoms. The van der Waals surface area contributed by atoms with Crippen LogP contribution in [0.3, 0.4) is 0 Å². The van der Waals surface area contributed by atoms with Crippen molar-refractivity contribution in [1.29, 1.82) is 0 Å². The summed E-state index contributed by atoms with van der Waals surface area (Å²) in [6, 6.07) is 2.91. The Balaban J connectivity index is 2.75. The highest BCUT2D eigenvalue weighted by molar-refractivity contribution is 5.18. The average Bonchev–Trinajstić information content (AvgIpc) is 2.31. The molecule has 0 bridgehead atoms. The molecule has 0 unspecified atom stereocenters. The minimum Gasteiger partial charge on any atom is -0.406 e. The van der Waals surface area contributed by atoms with Gasteiger partial charge in [0.15, 0.2) is 0 Å². The van der Waals surface area contributed by atoms with Crippen molar-refractivity contribution in [2.24, 2.45) is 5.73 Å². The smallest absolute Gasteiger partial charge is 0.406 e. The van der Waals surface area contributed by atoms with E-state index in [2.05, 4.69) is 0 Å². The van der Waals surface area contributed by atoms with Crippen LogP contribution in [0.15, 0.2) is 16.5 Å². The monoisotopic (exact) mass is 184 g/mol. The van der Waals surface area contributed by atoms with Crippen LogP contribution < -0.4 is 5.73 Å². The van der Waals surface area contributed by atoms with Gasteiger partial charge in [-0.15, -0.1) is 0 Å². The Morgan fingerprint density at radius 2 is 2.23 bits per heavy atom. The Kier molecular flexibility index (Phi) is 2.38. The Bertz CT molecular complexity index is 311. The molecule has 0 amide bonds. The second kappa shape index (κ2) is 3.18. The summed E-state index contributed by atoms with van der Waals surface area (Å²) in [5.74, 6) is 0.304. The minimum absolute atomic E-state index is 0.237. The van der Waals surface area contributed by atoms with Crippen LogP contribution in [-0.2, 0) is 6.42 Å². The van der Waals surface area contributed by atoms with Gasteiger partial charge in [0, 0.05) is 12.0 Å². The van der Waals surface area contributed by atoms with Gasteiger partial charge in [-0.25, -0.2) is 0 Å². The predicted octanol–water partition coefficient (Wildman–Crippen LogP) is 1.47. The zero-order valence-electron chi connectivity index (χ0n) is 7.61. The van der Waals surface area contributed by atoms with E-state index in [0.717, 1.165) is 0 Å². The highest BCUT2D eigenvalue weighted by Crippen LogP contribution is 2.18. The van der Waals surface area contributed by atoms with E-state index in [4.69, 9.17) is 10.2 Å². The molecule has 0 aliphatic carbocycles. The first-order valence-electron chi connectivity index (χ1n) is 3.90. The molecule has 5 nitrogen and oxygen atoms in total. The molecule has 1 aromatic heterocycles. The second-order valence-electron chi connectivity index (χ2n) is 3.66. The number of nitro groups is 1. The second-order valence-corrected chi connectivity index (χ2v) is 3.66. The number of rotatable bonds is 3. The molecule has 0 fully saturated rings. The third kappa shape index (κ3) is 2.87. The summed E-state index contributed by atoms with van der Waals surface area (Å²) in [6.45, 7) is 3.67.